The van der Waals surface area contributed by atoms with Gasteiger partial charge in [-0.05, 0) is 31.1 Å². The van der Waals surface area contributed by atoms with Crippen molar-refractivity contribution in [3.05, 3.63) is 16.6 Å². The minimum Gasteiger partial charge on any atom is -0.393 e. The lowest BCUT2D eigenvalue weighted by Crippen LogP contribution is -2.16. The molecule has 0 amide bonds. The second-order valence-corrected chi connectivity index (χ2v) is 4.91. The Morgan fingerprint density at radius 3 is 3.00 bits per heavy atom. The van der Waals surface area contributed by atoms with Crippen LogP contribution in [0.1, 0.15) is 24.6 Å². The van der Waals surface area contributed by atoms with Crippen molar-refractivity contribution in [1.29, 1.82) is 0 Å². The first-order chi connectivity index (χ1) is 6.27. The van der Waals surface area contributed by atoms with Crippen molar-refractivity contribution in [1.82, 2.24) is 4.98 Å². The van der Waals surface area contributed by atoms with Crippen molar-refractivity contribution in [3.8, 4) is 0 Å². The molecule has 1 aliphatic carbocycles. The van der Waals surface area contributed by atoms with Crippen molar-refractivity contribution < 1.29 is 5.11 Å². The summed E-state index contributed by atoms with van der Waals surface area (Å²) in [6.07, 6.45) is 5.12. The van der Waals surface area contributed by atoms with E-state index >= 15 is 0 Å². The molecule has 72 valence electrons. The molecule has 2 nitrogen and oxygen atoms in total. The number of nitrogens with zero attached hydrogens (tertiary/aromatic N) is 1. The average Bonchev–Trinajstić information content (AvgIpc) is 2.71. The van der Waals surface area contributed by atoms with Crippen LogP contribution in [-0.4, -0.2) is 16.2 Å². The third kappa shape index (κ3) is 1.92. The monoisotopic (exact) mass is 197 g/mol. The summed E-state index contributed by atoms with van der Waals surface area (Å²) in [5.41, 5.74) is 1.88. The first-order valence-electron chi connectivity index (χ1n) is 4.83. The van der Waals surface area contributed by atoms with Gasteiger partial charge in [-0.25, -0.2) is 0 Å². The van der Waals surface area contributed by atoms with Gasteiger partial charge in [0.2, 0.25) is 0 Å². The number of hydrogen-bond donors (Lipinski definition) is 1. The summed E-state index contributed by atoms with van der Waals surface area (Å²) < 4.78 is 0. The molecule has 13 heavy (non-hydrogen) atoms. The molecule has 0 bridgehead atoms. The van der Waals surface area contributed by atoms with Crippen molar-refractivity contribution in [2.75, 3.05) is 0 Å². The summed E-state index contributed by atoms with van der Waals surface area (Å²) in [6, 6.07) is 0. The van der Waals surface area contributed by atoms with Gasteiger partial charge in [0.1, 0.15) is 0 Å². The molecule has 1 N–H and O–H groups in total. The second-order valence-electron chi connectivity index (χ2n) is 3.94. The summed E-state index contributed by atoms with van der Waals surface area (Å²) in [5, 5.41) is 9.58. The molecular weight excluding hydrogens is 182 g/mol. The lowest BCUT2D eigenvalue weighted by Gasteiger charge is -2.15. The zero-order chi connectivity index (χ0) is 9.26. The van der Waals surface area contributed by atoms with E-state index in [1.807, 2.05) is 11.7 Å². The maximum atomic E-state index is 9.58. The molecule has 3 atom stereocenters. The molecule has 2 rings (SSSR count). The highest BCUT2D eigenvalue weighted by Crippen LogP contribution is 2.34. The molecule has 0 aromatic carbocycles. The SMILES string of the molecule is CC1C(O)CCC1Cc1cncs1. The van der Waals surface area contributed by atoms with Crippen LogP contribution in [0.5, 0.6) is 0 Å². The third-order valence-electron chi connectivity index (χ3n) is 3.13. The Bertz CT molecular complexity index is 260. The highest BCUT2D eigenvalue weighted by Gasteiger charge is 2.31. The van der Waals surface area contributed by atoms with E-state index in [9.17, 15) is 5.11 Å². The highest BCUT2D eigenvalue weighted by atomic mass is 32.1. The van der Waals surface area contributed by atoms with E-state index in [1.54, 1.807) is 11.3 Å². The second kappa shape index (κ2) is 3.76. The first kappa shape index (κ1) is 9.16. The van der Waals surface area contributed by atoms with E-state index in [2.05, 4.69) is 11.9 Å². The molecular formula is C10H15NOS. The molecule has 0 saturated heterocycles. The van der Waals surface area contributed by atoms with E-state index in [1.165, 1.54) is 11.3 Å². The number of thiazole rings is 1. The predicted molar refractivity (Wildman–Crippen MR) is 53.7 cm³/mol. The lowest BCUT2D eigenvalue weighted by molar-refractivity contribution is 0.127. The predicted octanol–water partition coefficient (Wildman–Crippen LogP) is 2.09. The fourth-order valence-electron chi connectivity index (χ4n) is 2.11. The molecule has 0 radical (unpaired) electrons. The van der Waals surface area contributed by atoms with Crippen LogP contribution in [0.25, 0.3) is 0 Å². The maximum Gasteiger partial charge on any atom is 0.0794 e. The quantitative estimate of drug-likeness (QED) is 0.787. The van der Waals surface area contributed by atoms with Gasteiger partial charge in [0.25, 0.3) is 0 Å². The molecule has 1 aromatic rings. The van der Waals surface area contributed by atoms with Gasteiger partial charge in [0, 0.05) is 11.1 Å². The largest absolute Gasteiger partial charge is 0.393 e. The Kier molecular flexibility index (Phi) is 2.65. The summed E-state index contributed by atoms with van der Waals surface area (Å²) in [5.74, 6) is 1.12. The minimum absolute atomic E-state index is 0.0714. The maximum absolute atomic E-state index is 9.58. The van der Waals surface area contributed by atoms with Crippen molar-refractivity contribution in [2.45, 2.75) is 32.3 Å². The Balaban J connectivity index is 1.96. The average molecular weight is 197 g/mol. The third-order valence-corrected chi connectivity index (χ3v) is 3.93. The van der Waals surface area contributed by atoms with Gasteiger partial charge in [-0.15, -0.1) is 11.3 Å². The van der Waals surface area contributed by atoms with Crippen molar-refractivity contribution >= 4 is 11.3 Å². The van der Waals surface area contributed by atoms with Crippen molar-refractivity contribution in [3.63, 3.8) is 0 Å². The van der Waals surface area contributed by atoms with Crippen molar-refractivity contribution in [2.24, 2.45) is 11.8 Å². The number of aromatic nitrogens is 1. The molecule has 3 heteroatoms. The molecule has 0 aliphatic heterocycles. The molecule has 1 aromatic heterocycles. The van der Waals surface area contributed by atoms with Gasteiger partial charge in [0.05, 0.1) is 11.6 Å². The van der Waals surface area contributed by atoms with Gasteiger partial charge in [-0.2, -0.15) is 0 Å². The molecule has 1 aliphatic rings. The Hall–Kier alpha value is -0.410. The van der Waals surface area contributed by atoms with Crippen LogP contribution in [0.4, 0.5) is 0 Å². The lowest BCUT2D eigenvalue weighted by atomic mass is 9.93. The summed E-state index contributed by atoms with van der Waals surface area (Å²) in [4.78, 5) is 5.42. The smallest absolute Gasteiger partial charge is 0.0794 e. The molecule has 0 spiro atoms. The van der Waals surface area contributed by atoms with E-state index in [0.717, 1.165) is 12.8 Å². The normalized spacial score (nSPS) is 33.8. The van der Waals surface area contributed by atoms with E-state index in [0.29, 0.717) is 11.8 Å². The molecule has 1 fully saturated rings. The van der Waals surface area contributed by atoms with Crippen LogP contribution in [0.2, 0.25) is 0 Å². The van der Waals surface area contributed by atoms with E-state index in [-0.39, 0.29) is 6.10 Å². The van der Waals surface area contributed by atoms with Crippen LogP contribution >= 0.6 is 11.3 Å². The number of hydrogen-bond acceptors (Lipinski definition) is 3. The van der Waals surface area contributed by atoms with Gasteiger partial charge >= 0.3 is 0 Å². The number of rotatable bonds is 2. The Labute approximate surface area is 82.6 Å². The van der Waals surface area contributed by atoms with Crippen LogP contribution in [0, 0.1) is 11.8 Å². The Morgan fingerprint density at radius 2 is 2.46 bits per heavy atom. The van der Waals surface area contributed by atoms with Gasteiger partial charge in [-0.3, -0.25) is 4.98 Å². The zero-order valence-corrected chi connectivity index (χ0v) is 8.63. The summed E-state index contributed by atoms with van der Waals surface area (Å²) in [6.45, 7) is 2.16. The standard InChI is InChI=1S/C10H15NOS/c1-7-8(2-3-10(7)12)4-9-5-11-6-13-9/h5-8,10,12H,2-4H2,1H3. The number of aliphatic hydroxyl groups excluding tert-OH is 1. The van der Waals surface area contributed by atoms with E-state index < -0.39 is 0 Å². The van der Waals surface area contributed by atoms with E-state index in [4.69, 9.17) is 0 Å². The Morgan fingerprint density at radius 1 is 1.62 bits per heavy atom. The van der Waals surface area contributed by atoms with Gasteiger partial charge in [0.15, 0.2) is 0 Å². The fraction of sp³-hybridized carbons (Fsp3) is 0.700. The summed E-state index contributed by atoms with van der Waals surface area (Å²) >= 11 is 1.72. The van der Waals surface area contributed by atoms with Crippen LogP contribution in [-0.2, 0) is 6.42 Å². The molecule has 3 unspecified atom stereocenters. The fourth-order valence-corrected chi connectivity index (χ4v) is 2.80. The summed E-state index contributed by atoms with van der Waals surface area (Å²) in [7, 11) is 0. The number of aliphatic hydroxyl groups is 1. The molecule has 1 heterocycles. The van der Waals surface area contributed by atoms with Gasteiger partial charge in [-0.1, -0.05) is 6.92 Å². The van der Waals surface area contributed by atoms with Crippen LogP contribution < -0.4 is 0 Å². The van der Waals surface area contributed by atoms with Crippen LogP contribution in [0.3, 0.4) is 0 Å². The van der Waals surface area contributed by atoms with Gasteiger partial charge < -0.3 is 5.11 Å². The zero-order valence-electron chi connectivity index (χ0n) is 7.81. The minimum atomic E-state index is -0.0714. The van der Waals surface area contributed by atoms with Crippen LogP contribution in [0.15, 0.2) is 11.7 Å². The first-order valence-corrected chi connectivity index (χ1v) is 5.71. The highest BCUT2D eigenvalue weighted by molar-refractivity contribution is 7.09. The topological polar surface area (TPSA) is 33.1 Å². The molecule has 1 saturated carbocycles.